The molecule has 0 N–H and O–H groups in total. The van der Waals surface area contributed by atoms with Crippen molar-refractivity contribution in [3.05, 3.63) is 0 Å². The Hall–Kier alpha value is 0. The fourth-order valence-corrected chi connectivity index (χ4v) is 7.39. The molecule has 0 heteroatoms. The van der Waals surface area contributed by atoms with Crippen LogP contribution < -0.4 is 0 Å². The topological polar surface area (TPSA) is 0 Å². The van der Waals surface area contributed by atoms with E-state index in [1.54, 1.807) is 0 Å². The zero-order chi connectivity index (χ0) is 30.4. The van der Waals surface area contributed by atoms with Gasteiger partial charge in [-0.15, -0.1) is 0 Å². The Kier molecular flexibility index (Phi) is 31.4. The molecule has 248 valence electrons. The summed E-state index contributed by atoms with van der Waals surface area (Å²) >= 11 is 0. The van der Waals surface area contributed by atoms with Crippen molar-refractivity contribution in [1.82, 2.24) is 0 Å². The number of hydrogen-bond donors (Lipinski definition) is 0. The molecule has 0 saturated heterocycles. The van der Waals surface area contributed by atoms with Crippen molar-refractivity contribution in [3.63, 3.8) is 0 Å². The van der Waals surface area contributed by atoms with Crippen LogP contribution in [0.1, 0.15) is 235 Å². The van der Waals surface area contributed by atoms with Gasteiger partial charge in [-0.1, -0.05) is 215 Å². The molecule has 0 unspecified atom stereocenters. The van der Waals surface area contributed by atoms with Crippen LogP contribution in [0.2, 0.25) is 0 Å². The second kappa shape index (κ2) is 31.4. The first-order valence-electron chi connectivity index (χ1n) is 20.0. The van der Waals surface area contributed by atoms with Crippen LogP contribution in [0.4, 0.5) is 0 Å². The highest BCUT2D eigenvalue weighted by Crippen LogP contribution is 2.35. The molecule has 0 amide bonds. The molecular weight excluding hydrogens is 492 g/mol. The van der Waals surface area contributed by atoms with E-state index in [0.29, 0.717) is 0 Å². The zero-order valence-electron chi connectivity index (χ0n) is 30.4. The van der Waals surface area contributed by atoms with Crippen LogP contribution in [0.25, 0.3) is 0 Å². The summed E-state index contributed by atoms with van der Waals surface area (Å²) in [5.74, 6) is 4.65. The van der Waals surface area contributed by atoms with E-state index < -0.39 is 0 Å². The van der Waals surface area contributed by atoms with Crippen LogP contribution in [0.5, 0.6) is 0 Å². The Labute approximate surface area is 263 Å². The lowest BCUT2D eigenvalue weighted by Gasteiger charge is -2.30. The van der Waals surface area contributed by atoms with Crippen LogP contribution in [0, 0.1) is 29.6 Å². The van der Waals surface area contributed by atoms with Crippen molar-refractivity contribution in [3.8, 4) is 0 Å². The van der Waals surface area contributed by atoms with Gasteiger partial charge < -0.3 is 0 Å². The van der Waals surface area contributed by atoms with E-state index in [2.05, 4.69) is 48.5 Å². The minimum atomic E-state index is 0.884. The number of rotatable bonds is 33. The van der Waals surface area contributed by atoms with Gasteiger partial charge >= 0.3 is 0 Å². The van der Waals surface area contributed by atoms with Gasteiger partial charge in [0.2, 0.25) is 0 Å². The lowest BCUT2D eigenvalue weighted by Crippen LogP contribution is -2.18. The molecule has 0 rings (SSSR count). The van der Waals surface area contributed by atoms with Crippen LogP contribution >= 0.6 is 0 Å². The van der Waals surface area contributed by atoms with Crippen LogP contribution in [-0.4, -0.2) is 0 Å². The lowest BCUT2D eigenvalue weighted by molar-refractivity contribution is 0.220. The minimum Gasteiger partial charge on any atom is -0.0654 e. The van der Waals surface area contributed by atoms with E-state index in [9.17, 15) is 0 Å². The summed E-state index contributed by atoms with van der Waals surface area (Å²) in [5.41, 5.74) is 0. The minimum absolute atomic E-state index is 0.884. The van der Waals surface area contributed by atoms with E-state index in [-0.39, 0.29) is 0 Å². The number of hydrogen-bond acceptors (Lipinski definition) is 0. The second-order valence-corrected chi connectivity index (χ2v) is 15.0. The Bertz CT molecular complexity index is 480. The number of unbranched alkanes of at least 4 members (excludes halogenated alkanes) is 19. The summed E-state index contributed by atoms with van der Waals surface area (Å²) in [6.07, 6.45) is 42.4. The maximum atomic E-state index is 2.60. The molecule has 0 heterocycles. The summed E-state index contributed by atoms with van der Waals surface area (Å²) in [7, 11) is 0. The fraction of sp³-hybridized carbons (Fsp3) is 1.00. The van der Waals surface area contributed by atoms with E-state index in [1.807, 2.05) is 0 Å². The fourth-order valence-electron chi connectivity index (χ4n) is 7.39. The molecule has 0 aromatic carbocycles. The molecule has 0 aromatic heterocycles. The van der Waals surface area contributed by atoms with E-state index in [4.69, 9.17) is 0 Å². The molecule has 0 bridgehead atoms. The van der Waals surface area contributed by atoms with Gasteiger partial charge in [0.05, 0.1) is 0 Å². The van der Waals surface area contributed by atoms with Crippen molar-refractivity contribution in [2.24, 2.45) is 29.6 Å². The lowest BCUT2D eigenvalue weighted by atomic mass is 9.76. The molecule has 0 aliphatic heterocycles. The summed E-state index contributed by atoms with van der Waals surface area (Å²) < 4.78 is 0. The standard InChI is InChI=1S/C41H84/c1-8-12-15-18-20-21-22-24-26-28-31-37(5)34-40(32-30-27-23-19-16-13-9-2)36-41(33-29-25-17-14-10-3)35-39(7)38(6)11-4/h37-41H,8-36H2,1-7H3/t37-,38+,39-,40+,41-/m1/s1. The highest BCUT2D eigenvalue weighted by atomic mass is 14.3. The molecule has 0 aliphatic carbocycles. The summed E-state index contributed by atoms with van der Waals surface area (Å²) in [4.78, 5) is 0. The van der Waals surface area contributed by atoms with Gasteiger partial charge in [-0.2, -0.15) is 0 Å². The zero-order valence-corrected chi connectivity index (χ0v) is 30.4. The SMILES string of the molecule is CCCCCCCCCCCC[C@@H](C)C[C@H](CCCCCCCCC)C[C@H](CCCCCCC)C[C@@H](C)[C@@H](C)CC. The van der Waals surface area contributed by atoms with Crippen molar-refractivity contribution in [2.75, 3.05) is 0 Å². The Balaban J connectivity index is 4.77. The molecule has 0 radical (unpaired) electrons. The summed E-state index contributed by atoms with van der Waals surface area (Å²) in [6.45, 7) is 17.1. The third-order valence-electron chi connectivity index (χ3n) is 10.7. The van der Waals surface area contributed by atoms with Gasteiger partial charge in [0.15, 0.2) is 0 Å². The highest BCUT2D eigenvalue weighted by molar-refractivity contribution is 4.74. The first-order valence-corrected chi connectivity index (χ1v) is 20.0. The van der Waals surface area contributed by atoms with Crippen molar-refractivity contribution in [1.29, 1.82) is 0 Å². The summed E-state index contributed by atoms with van der Waals surface area (Å²) in [6, 6.07) is 0. The van der Waals surface area contributed by atoms with Crippen LogP contribution in [-0.2, 0) is 0 Å². The van der Waals surface area contributed by atoms with Gasteiger partial charge in [0.25, 0.3) is 0 Å². The molecule has 0 aromatic rings. The molecule has 41 heavy (non-hydrogen) atoms. The highest BCUT2D eigenvalue weighted by Gasteiger charge is 2.22. The molecule has 0 fully saturated rings. The molecule has 0 aliphatic rings. The molecular formula is C41H84. The van der Waals surface area contributed by atoms with Gasteiger partial charge in [0.1, 0.15) is 0 Å². The molecule has 5 atom stereocenters. The third-order valence-corrected chi connectivity index (χ3v) is 10.7. The molecule has 0 spiro atoms. The molecule has 0 nitrogen and oxygen atoms in total. The first kappa shape index (κ1) is 41.0. The monoisotopic (exact) mass is 577 g/mol. The average molecular weight is 577 g/mol. The quantitative estimate of drug-likeness (QED) is 0.0681. The normalized spacial score (nSPS) is 15.6. The largest absolute Gasteiger partial charge is 0.0654 e. The molecule has 0 saturated carbocycles. The Morgan fingerprint density at radius 1 is 0.317 bits per heavy atom. The summed E-state index contributed by atoms with van der Waals surface area (Å²) in [5, 5.41) is 0. The van der Waals surface area contributed by atoms with Crippen molar-refractivity contribution < 1.29 is 0 Å². The first-order chi connectivity index (χ1) is 20.0. The predicted molar refractivity (Wildman–Crippen MR) is 191 cm³/mol. The Morgan fingerprint density at radius 3 is 1.05 bits per heavy atom. The maximum Gasteiger partial charge on any atom is -0.0409 e. The van der Waals surface area contributed by atoms with Crippen molar-refractivity contribution in [2.45, 2.75) is 235 Å². The average Bonchev–Trinajstić information content (AvgIpc) is 2.96. The van der Waals surface area contributed by atoms with E-state index >= 15 is 0 Å². The van der Waals surface area contributed by atoms with Crippen molar-refractivity contribution >= 4 is 0 Å². The smallest absolute Gasteiger partial charge is 0.0409 e. The van der Waals surface area contributed by atoms with Crippen LogP contribution in [0.15, 0.2) is 0 Å². The van der Waals surface area contributed by atoms with E-state index in [0.717, 1.165) is 29.6 Å². The second-order valence-electron chi connectivity index (χ2n) is 15.0. The van der Waals surface area contributed by atoms with Crippen LogP contribution in [0.3, 0.4) is 0 Å². The van der Waals surface area contributed by atoms with Gasteiger partial charge in [-0.05, 0) is 48.9 Å². The predicted octanol–water partition coefficient (Wildman–Crippen LogP) is 15.5. The maximum absolute atomic E-state index is 2.60. The van der Waals surface area contributed by atoms with Gasteiger partial charge in [-0.3, -0.25) is 0 Å². The van der Waals surface area contributed by atoms with Gasteiger partial charge in [-0.25, -0.2) is 0 Å². The van der Waals surface area contributed by atoms with E-state index in [1.165, 1.54) is 186 Å². The third kappa shape index (κ3) is 27.3. The Morgan fingerprint density at radius 2 is 0.659 bits per heavy atom. The van der Waals surface area contributed by atoms with Gasteiger partial charge in [0, 0.05) is 0 Å².